The standard InChI is InChI=1S/2C6H4INO2.O.V/c2*7-4-1-2-5(6(9)10)8-3-4;;/h2*1-3H,(H,9,10);;. The number of carboxylic acids is 2. The fourth-order valence-corrected chi connectivity index (χ4v) is 1.64. The molecule has 0 radical (unpaired) electrons. The quantitative estimate of drug-likeness (QED) is 0.539. The van der Waals surface area contributed by atoms with Gasteiger partial charge in [0, 0.05) is 19.5 Å². The molecule has 10 heteroatoms. The van der Waals surface area contributed by atoms with Crippen LogP contribution in [0.1, 0.15) is 21.0 Å². The van der Waals surface area contributed by atoms with Crippen molar-refractivity contribution in [1.82, 2.24) is 9.97 Å². The van der Waals surface area contributed by atoms with Crippen LogP contribution in [0.5, 0.6) is 0 Å². The molecule has 2 heterocycles. The Bertz CT molecular complexity index is 567. The first-order chi connectivity index (χ1) is 10.4. The SMILES string of the molecule is O=C(O)c1ccc(I)cn1.O=C(O)c1ccc(I)cn1.[O]=[V]. The number of carboxylic acid groups (broad SMARTS) is 2. The molecule has 2 N–H and O–H groups in total. The molecule has 0 aliphatic heterocycles. The molecule has 0 aliphatic carbocycles. The fourth-order valence-electron chi connectivity index (χ4n) is 1.00. The summed E-state index contributed by atoms with van der Waals surface area (Å²) in [5.74, 6) is -1.98. The second-order valence-corrected chi connectivity index (χ2v) is 5.82. The molecule has 0 spiro atoms. The maximum absolute atomic E-state index is 10.2. The van der Waals surface area contributed by atoms with Gasteiger partial charge in [0.25, 0.3) is 0 Å². The van der Waals surface area contributed by atoms with Gasteiger partial charge in [-0.2, -0.15) is 0 Å². The van der Waals surface area contributed by atoms with Crippen molar-refractivity contribution in [2.75, 3.05) is 0 Å². The van der Waals surface area contributed by atoms with Gasteiger partial charge in [0.2, 0.25) is 0 Å². The minimum absolute atomic E-state index is 0.0837. The molecule has 0 unspecified atom stereocenters. The van der Waals surface area contributed by atoms with E-state index >= 15 is 0 Å². The van der Waals surface area contributed by atoms with Gasteiger partial charge in [-0.15, -0.1) is 0 Å². The van der Waals surface area contributed by atoms with Crippen molar-refractivity contribution in [2.45, 2.75) is 0 Å². The van der Waals surface area contributed by atoms with Gasteiger partial charge in [-0.25, -0.2) is 19.6 Å². The minimum atomic E-state index is -0.989. The molecule has 0 aromatic carbocycles. The Morgan fingerprint density at radius 3 is 1.32 bits per heavy atom. The number of aromatic nitrogens is 2. The monoisotopic (exact) mass is 565 g/mol. The summed E-state index contributed by atoms with van der Waals surface area (Å²) in [6, 6.07) is 6.36. The van der Waals surface area contributed by atoms with Crippen LogP contribution < -0.4 is 0 Å². The normalized spacial score (nSPS) is 8.59. The molecular formula is C12H8I2N2O5V. The second-order valence-electron chi connectivity index (χ2n) is 3.33. The third kappa shape index (κ3) is 8.51. The van der Waals surface area contributed by atoms with Crippen molar-refractivity contribution in [3.8, 4) is 0 Å². The zero-order valence-electron chi connectivity index (χ0n) is 10.7. The van der Waals surface area contributed by atoms with Crippen molar-refractivity contribution in [3.63, 3.8) is 0 Å². The van der Waals surface area contributed by atoms with Crippen molar-refractivity contribution >= 4 is 57.1 Å². The number of pyridine rings is 2. The van der Waals surface area contributed by atoms with Gasteiger partial charge in [-0.05, 0) is 69.4 Å². The Balaban J connectivity index is 0.000000360. The van der Waals surface area contributed by atoms with Gasteiger partial charge in [0.05, 0.1) is 0 Å². The molecule has 2 rings (SSSR count). The van der Waals surface area contributed by atoms with Crippen LogP contribution in [0.4, 0.5) is 0 Å². The van der Waals surface area contributed by atoms with Gasteiger partial charge in [0.15, 0.2) is 0 Å². The number of halogens is 2. The number of hydrogen-bond donors (Lipinski definition) is 2. The molecule has 2 aromatic heterocycles. The number of hydrogen-bond acceptors (Lipinski definition) is 5. The van der Waals surface area contributed by atoms with Crippen molar-refractivity contribution in [3.05, 3.63) is 55.2 Å². The van der Waals surface area contributed by atoms with E-state index in [1.54, 1.807) is 12.1 Å². The van der Waals surface area contributed by atoms with E-state index in [0.29, 0.717) is 0 Å². The maximum atomic E-state index is 10.2. The number of rotatable bonds is 2. The average molecular weight is 565 g/mol. The molecule has 7 nitrogen and oxygen atoms in total. The molecule has 0 saturated carbocycles. The van der Waals surface area contributed by atoms with Crippen LogP contribution in [-0.4, -0.2) is 32.1 Å². The van der Waals surface area contributed by atoms with Gasteiger partial charge in [-0.1, -0.05) is 0 Å². The van der Waals surface area contributed by atoms with Crippen molar-refractivity contribution < 1.29 is 40.8 Å². The first kappa shape index (κ1) is 21.1. The van der Waals surface area contributed by atoms with E-state index < -0.39 is 11.9 Å². The first-order valence-electron chi connectivity index (χ1n) is 5.28. The van der Waals surface area contributed by atoms with E-state index in [4.69, 9.17) is 13.9 Å². The molecule has 2 aromatic rings. The fraction of sp³-hybridized carbons (Fsp3) is 0. The second kappa shape index (κ2) is 11.6. The summed E-state index contributed by atoms with van der Waals surface area (Å²) in [5, 5.41) is 16.8. The molecule has 115 valence electrons. The molecule has 0 bridgehead atoms. The van der Waals surface area contributed by atoms with E-state index in [-0.39, 0.29) is 11.4 Å². The Hall–Kier alpha value is -0.916. The van der Waals surface area contributed by atoms with Crippen molar-refractivity contribution in [2.24, 2.45) is 0 Å². The summed E-state index contributed by atoms with van der Waals surface area (Å²) in [5.41, 5.74) is 0.167. The van der Waals surface area contributed by atoms with E-state index in [1.165, 1.54) is 24.5 Å². The van der Waals surface area contributed by atoms with Crippen LogP contribution in [0.2, 0.25) is 0 Å². The zero-order chi connectivity index (χ0) is 17.1. The Morgan fingerprint density at radius 1 is 0.818 bits per heavy atom. The van der Waals surface area contributed by atoms with Crippen LogP contribution in [0.25, 0.3) is 0 Å². The predicted molar refractivity (Wildman–Crippen MR) is 88.5 cm³/mol. The molecule has 0 fully saturated rings. The van der Waals surface area contributed by atoms with Crippen LogP contribution in [0, 0.1) is 7.14 Å². The van der Waals surface area contributed by atoms with Gasteiger partial charge in [-0.3, -0.25) is 0 Å². The van der Waals surface area contributed by atoms with E-state index in [1.807, 2.05) is 0 Å². The van der Waals surface area contributed by atoms with Crippen LogP contribution in [0.3, 0.4) is 0 Å². The Labute approximate surface area is 162 Å². The summed E-state index contributed by atoms with van der Waals surface area (Å²) < 4.78 is 10.1. The number of nitrogens with zero attached hydrogens (tertiary/aromatic N) is 2. The molecular weight excluding hydrogens is 557 g/mol. The molecule has 22 heavy (non-hydrogen) atoms. The summed E-state index contributed by atoms with van der Waals surface area (Å²) in [6.07, 6.45) is 3.04. The number of carbonyl (C=O) groups is 2. The third-order valence-electron chi connectivity index (χ3n) is 1.89. The molecule has 0 saturated heterocycles. The van der Waals surface area contributed by atoms with Crippen molar-refractivity contribution in [1.29, 1.82) is 0 Å². The van der Waals surface area contributed by atoms with E-state index in [9.17, 15) is 9.59 Å². The molecule has 0 atom stereocenters. The topological polar surface area (TPSA) is 117 Å². The first-order valence-corrected chi connectivity index (χ1v) is 8.01. The summed E-state index contributed by atoms with van der Waals surface area (Å²) >= 11 is 5.19. The predicted octanol–water partition coefficient (Wildman–Crippen LogP) is 2.65. The Morgan fingerprint density at radius 2 is 1.14 bits per heavy atom. The molecule has 0 aliphatic rings. The van der Waals surface area contributed by atoms with Gasteiger partial charge in [0.1, 0.15) is 11.4 Å². The molecule has 0 amide bonds. The summed E-state index contributed by atoms with van der Waals surface area (Å²) in [7, 11) is 0. The van der Waals surface area contributed by atoms with Gasteiger partial charge < -0.3 is 10.2 Å². The zero-order valence-corrected chi connectivity index (χ0v) is 16.4. The van der Waals surface area contributed by atoms with Gasteiger partial charge >= 0.3 is 33.0 Å². The summed E-state index contributed by atoms with van der Waals surface area (Å²) in [4.78, 5) is 27.8. The number of aromatic carboxylic acids is 2. The Kier molecular flexibility index (Phi) is 11.1. The summed E-state index contributed by atoms with van der Waals surface area (Å²) in [6.45, 7) is 0. The van der Waals surface area contributed by atoms with Crippen LogP contribution >= 0.6 is 45.2 Å². The van der Waals surface area contributed by atoms with Crippen LogP contribution in [0.15, 0.2) is 36.7 Å². The van der Waals surface area contributed by atoms with E-state index in [2.05, 4.69) is 55.1 Å². The third-order valence-corrected chi connectivity index (χ3v) is 3.17. The van der Waals surface area contributed by atoms with E-state index in [0.717, 1.165) is 24.5 Å². The van der Waals surface area contributed by atoms with Crippen LogP contribution in [-0.2, 0) is 21.0 Å². The average Bonchev–Trinajstić information content (AvgIpc) is 2.51.